The van der Waals surface area contributed by atoms with E-state index < -0.39 is 6.04 Å². The number of hydrogen-bond donors (Lipinski definition) is 2. The third-order valence-corrected chi connectivity index (χ3v) is 3.47. The molecule has 19 heavy (non-hydrogen) atoms. The summed E-state index contributed by atoms with van der Waals surface area (Å²) >= 11 is 0. The van der Waals surface area contributed by atoms with Crippen molar-refractivity contribution in [2.24, 2.45) is 11.8 Å². The van der Waals surface area contributed by atoms with Crippen LogP contribution in [-0.2, 0) is 9.59 Å². The number of nitrogens with one attached hydrogen (secondary N) is 2. The van der Waals surface area contributed by atoms with Crippen LogP contribution in [0, 0.1) is 11.8 Å². The SMILES string of the molecule is CC(C)CC(NC(=O)C1CCNCC1)C(=O)N(C)C. The van der Waals surface area contributed by atoms with Gasteiger partial charge in [0, 0.05) is 20.0 Å². The smallest absolute Gasteiger partial charge is 0.244 e. The van der Waals surface area contributed by atoms with Crippen LogP contribution in [-0.4, -0.2) is 49.9 Å². The van der Waals surface area contributed by atoms with Crippen LogP contribution in [0.3, 0.4) is 0 Å². The van der Waals surface area contributed by atoms with E-state index in [0.29, 0.717) is 12.3 Å². The lowest BCUT2D eigenvalue weighted by Gasteiger charge is -2.27. The Hall–Kier alpha value is -1.10. The molecule has 110 valence electrons. The van der Waals surface area contributed by atoms with E-state index in [-0.39, 0.29) is 17.7 Å². The van der Waals surface area contributed by atoms with E-state index in [1.807, 2.05) is 0 Å². The van der Waals surface area contributed by atoms with Crippen LogP contribution >= 0.6 is 0 Å². The molecule has 0 aromatic carbocycles. The third kappa shape index (κ3) is 5.19. The fourth-order valence-corrected chi connectivity index (χ4v) is 2.38. The Morgan fingerprint density at radius 1 is 1.26 bits per heavy atom. The second-order valence-corrected chi connectivity index (χ2v) is 5.95. The molecule has 1 fully saturated rings. The standard InChI is InChI=1S/C14H27N3O2/c1-10(2)9-12(14(19)17(3)4)16-13(18)11-5-7-15-8-6-11/h10-12,15H,5-9H2,1-4H3,(H,16,18). The molecule has 2 amide bonds. The van der Waals surface area contributed by atoms with Gasteiger partial charge < -0.3 is 15.5 Å². The van der Waals surface area contributed by atoms with Gasteiger partial charge in [-0.15, -0.1) is 0 Å². The van der Waals surface area contributed by atoms with Crippen LogP contribution < -0.4 is 10.6 Å². The lowest BCUT2D eigenvalue weighted by molar-refractivity contribution is -0.136. The summed E-state index contributed by atoms with van der Waals surface area (Å²) in [6.07, 6.45) is 2.40. The molecule has 1 heterocycles. The molecule has 5 heteroatoms. The first-order valence-electron chi connectivity index (χ1n) is 7.14. The summed E-state index contributed by atoms with van der Waals surface area (Å²) in [5, 5.41) is 6.18. The van der Waals surface area contributed by atoms with Gasteiger partial charge >= 0.3 is 0 Å². The van der Waals surface area contributed by atoms with Crippen molar-refractivity contribution < 1.29 is 9.59 Å². The molecule has 0 aliphatic carbocycles. The number of amides is 2. The summed E-state index contributed by atoms with van der Waals surface area (Å²) in [4.78, 5) is 25.9. The highest BCUT2D eigenvalue weighted by Gasteiger charge is 2.27. The molecule has 1 atom stereocenters. The minimum atomic E-state index is -0.391. The van der Waals surface area contributed by atoms with Crippen LogP contribution in [0.25, 0.3) is 0 Å². The minimum absolute atomic E-state index is 0.0176. The summed E-state index contributed by atoms with van der Waals surface area (Å²) < 4.78 is 0. The van der Waals surface area contributed by atoms with Crippen molar-refractivity contribution in [2.75, 3.05) is 27.2 Å². The Morgan fingerprint density at radius 3 is 2.32 bits per heavy atom. The molecule has 1 aliphatic heterocycles. The second kappa shape index (κ2) is 7.48. The molecule has 1 saturated heterocycles. The van der Waals surface area contributed by atoms with Crippen molar-refractivity contribution in [3.63, 3.8) is 0 Å². The summed E-state index contributed by atoms with van der Waals surface area (Å²) in [6.45, 7) is 5.89. The highest BCUT2D eigenvalue weighted by molar-refractivity contribution is 5.88. The average Bonchev–Trinajstić information content (AvgIpc) is 2.37. The van der Waals surface area contributed by atoms with Crippen LogP contribution in [0.15, 0.2) is 0 Å². The van der Waals surface area contributed by atoms with Crippen molar-refractivity contribution in [1.82, 2.24) is 15.5 Å². The van der Waals surface area contributed by atoms with Gasteiger partial charge in [0.25, 0.3) is 0 Å². The predicted octanol–water partition coefficient (Wildman–Crippen LogP) is 0.605. The quantitative estimate of drug-likeness (QED) is 0.768. The van der Waals surface area contributed by atoms with Crippen LogP contribution in [0.1, 0.15) is 33.1 Å². The third-order valence-electron chi connectivity index (χ3n) is 3.47. The molecular weight excluding hydrogens is 242 g/mol. The normalized spacial score (nSPS) is 18.2. The number of hydrogen-bond acceptors (Lipinski definition) is 3. The van der Waals surface area contributed by atoms with Crippen molar-refractivity contribution in [3.05, 3.63) is 0 Å². The van der Waals surface area contributed by atoms with Gasteiger partial charge in [0.1, 0.15) is 6.04 Å². The van der Waals surface area contributed by atoms with Crippen LogP contribution in [0.2, 0.25) is 0 Å². The molecular formula is C14H27N3O2. The van der Waals surface area contributed by atoms with E-state index in [1.165, 1.54) is 0 Å². The summed E-state index contributed by atoms with van der Waals surface area (Å²) in [5.74, 6) is 0.437. The molecule has 0 bridgehead atoms. The largest absolute Gasteiger partial charge is 0.347 e. The number of carbonyl (C=O) groups is 2. The van der Waals surface area contributed by atoms with Gasteiger partial charge in [-0.1, -0.05) is 13.8 Å². The fraction of sp³-hybridized carbons (Fsp3) is 0.857. The van der Waals surface area contributed by atoms with E-state index in [9.17, 15) is 9.59 Å². The van der Waals surface area contributed by atoms with Crippen LogP contribution in [0.5, 0.6) is 0 Å². The summed E-state index contributed by atoms with van der Waals surface area (Å²) in [5.41, 5.74) is 0. The van der Waals surface area contributed by atoms with Crippen molar-refractivity contribution >= 4 is 11.8 Å². The Balaban J connectivity index is 2.60. The lowest BCUT2D eigenvalue weighted by atomic mass is 9.95. The summed E-state index contributed by atoms with van der Waals surface area (Å²) in [7, 11) is 3.46. The van der Waals surface area contributed by atoms with Crippen molar-refractivity contribution in [1.29, 1.82) is 0 Å². The second-order valence-electron chi connectivity index (χ2n) is 5.95. The molecule has 0 aromatic rings. The number of rotatable bonds is 5. The Bertz CT molecular complexity index is 310. The first-order chi connectivity index (χ1) is 8.91. The molecule has 0 saturated carbocycles. The zero-order valence-corrected chi connectivity index (χ0v) is 12.5. The van der Waals surface area contributed by atoms with Gasteiger partial charge in [-0.2, -0.15) is 0 Å². The monoisotopic (exact) mass is 269 g/mol. The molecule has 5 nitrogen and oxygen atoms in total. The maximum atomic E-state index is 12.2. The van der Waals surface area contributed by atoms with Gasteiger partial charge in [-0.05, 0) is 38.3 Å². The molecule has 0 radical (unpaired) electrons. The number of nitrogens with zero attached hydrogens (tertiary/aromatic N) is 1. The number of carbonyl (C=O) groups excluding carboxylic acids is 2. The van der Waals surface area contributed by atoms with Gasteiger partial charge in [-0.25, -0.2) is 0 Å². The van der Waals surface area contributed by atoms with E-state index in [4.69, 9.17) is 0 Å². The number of likely N-dealkylation sites (N-methyl/N-ethyl adjacent to an activating group) is 1. The van der Waals surface area contributed by atoms with E-state index >= 15 is 0 Å². The Kier molecular flexibility index (Phi) is 6.28. The molecule has 0 aromatic heterocycles. The predicted molar refractivity (Wildman–Crippen MR) is 75.7 cm³/mol. The van der Waals surface area contributed by atoms with Gasteiger partial charge in [0.05, 0.1) is 0 Å². The Labute approximate surface area is 116 Å². The Morgan fingerprint density at radius 2 is 1.84 bits per heavy atom. The van der Waals surface area contributed by atoms with E-state index in [0.717, 1.165) is 25.9 Å². The molecule has 1 unspecified atom stereocenters. The lowest BCUT2D eigenvalue weighted by Crippen LogP contribution is -2.49. The fourth-order valence-electron chi connectivity index (χ4n) is 2.38. The van der Waals surface area contributed by atoms with Crippen molar-refractivity contribution in [2.45, 2.75) is 39.2 Å². The highest BCUT2D eigenvalue weighted by Crippen LogP contribution is 2.14. The average molecular weight is 269 g/mol. The van der Waals surface area contributed by atoms with E-state index in [1.54, 1.807) is 19.0 Å². The van der Waals surface area contributed by atoms with Crippen molar-refractivity contribution in [3.8, 4) is 0 Å². The zero-order valence-electron chi connectivity index (χ0n) is 12.5. The maximum Gasteiger partial charge on any atom is 0.244 e. The number of piperidine rings is 1. The maximum absolute atomic E-state index is 12.2. The zero-order chi connectivity index (χ0) is 14.4. The van der Waals surface area contributed by atoms with Crippen LogP contribution in [0.4, 0.5) is 0 Å². The molecule has 2 N–H and O–H groups in total. The summed E-state index contributed by atoms with van der Waals surface area (Å²) in [6, 6.07) is -0.391. The topological polar surface area (TPSA) is 61.4 Å². The van der Waals surface area contributed by atoms with Gasteiger partial charge in [-0.3, -0.25) is 9.59 Å². The van der Waals surface area contributed by atoms with Gasteiger partial charge in [0.15, 0.2) is 0 Å². The first-order valence-corrected chi connectivity index (χ1v) is 7.14. The minimum Gasteiger partial charge on any atom is -0.347 e. The highest BCUT2D eigenvalue weighted by atomic mass is 16.2. The van der Waals surface area contributed by atoms with E-state index in [2.05, 4.69) is 24.5 Å². The molecule has 1 aliphatic rings. The molecule has 0 spiro atoms. The van der Waals surface area contributed by atoms with Gasteiger partial charge in [0.2, 0.25) is 11.8 Å². The first kappa shape index (κ1) is 16.0. The molecule has 1 rings (SSSR count).